The van der Waals surface area contributed by atoms with E-state index in [-0.39, 0.29) is 0 Å². The monoisotopic (exact) mass is 303 g/mol. The van der Waals surface area contributed by atoms with Gasteiger partial charge in [0.25, 0.3) is 0 Å². The Morgan fingerprint density at radius 3 is 2.62 bits per heavy atom. The normalized spacial score (nSPS) is 15.8. The number of anilines is 1. The van der Waals surface area contributed by atoms with Gasteiger partial charge < -0.3 is 10.3 Å². The molecule has 4 heteroatoms. The number of rotatable bonds is 6. The standard InChI is InChI=1S/C17H25N3S/c1-4-17(5-2,21-3)11-20-15-9-8-13(18)10-14(15)19-16(20)12-6-7-12/h8-10,12H,4-7,11,18H2,1-3H3. The van der Waals surface area contributed by atoms with Crippen LogP contribution in [0.4, 0.5) is 5.69 Å². The van der Waals surface area contributed by atoms with E-state index >= 15 is 0 Å². The molecule has 3 nitrogen and oxygen atoms in total. The van der Waals surface area contributed by atoms with Gasteiger partial charge in [-0.2, -0.15) is 11.8 Å². The maximum Gasteiger partial charge on any atom is 0.113 e. The van der Waals surface area contributed by atoms with Crippen LogP contribution in [0.25, 0.3) is 11.0 Å². The van der Waals surface area contributed by atoms with Gasteiger partial charge in [0.15, 0.2) is 0 Å². The second kappa shape index (κ2) is 5.56. The van der Waals surface area contributed by atoms with Crippen molar-refractivity contribution in [2.24, 2.45) is 0 Å². The van der Waals surface area contributed by atoms with Gasteiger partial charge in [-0.3, -0.25) is 0 Å². The molecule has 21 heavy (non-hydrogen) atoms. The van der Waals surface area contributed by atoms with Gasteiger partial charge in [0.05, 0.1) is 11.0 Å². The highest BCUT2D eigenvalue weighted by Crippen LogP contribution is 2.42. The summed E-state index contributed by atoms with van der Waals surface area (Å²) in [6.45, 7) is 5.65. The molecule has 1 aliphatic carbocycles. The number of hydrogen-bond donors (Lipinski definition) is 1. The third-order valence-corrected chi connectivity index (χ3v) is 6.48. The maximum atomic E-state index is 5.93. The highest BCUT2D eigenvalue weighted by Gasteiger charge is 2.33. The summed E-state index contributed by atoms with van der Waals surface area (Å²) < 4.78 is 2.77. The van der Waals surface area contributed by atoms with Crippen molar-refractivity contribution in [3.8, 4) is 0 Å². The van der Waals surface area contributed by atoms with Crippen LogP contribution in [0.15, 0.2) is 18.2 Å². The van der Waals surface area contributed by atoms with Crippen LogP contribution in [0, 0.1) is 0 Å². The molecule has 0 unspecified atom stereocenters. The number of nitrogen functional groups attached to an aromatic ring is 1. The minimum absolute atomic E-state index is 0.304. The number of imidazole rings is 1. The Balaban J connectivity index is 2.09. The first-order valence-electron chi connectivity index (χ1n) is 7.93. The molecule has 0 aliphatic heterocycles. The predicted octanol–water partition coefficient (Wildman–Crippen LogP) is 4.42. The van der Waals surface area contributed by atoms with Gasteiger partial charge in [-0.1, -0.05) is 13.8 Å². The molecule has 1 aromatic carbocycles. The molecule has 0 radical (unpaired) electrons. The van der Waals surface area contributed by atoms with Crippen molar-refractivity contribution < 1.29 is 0 Å². The molecule has 1 aromatic heterocycles. The van der Waals surface area contributed by atoms with Crippen LogP contribution in [0.5, 0.6) is 0 Å². The highest BCUT2D eigenvalue weighted by atomic mass is 32.2. The summed E-state index contributed by atoms with van der Waals surface area (Å²) in [5.41, 5.74) is 9.03. The molecule has 0 bridgehead atoms. The lowest BCUT2D eigenvalue weighted by Crippen LogP contribution is -2.29. The van der Waals surface area contributed by atoms with Crippen molar-refractivity contribution in [1.82, 2.24) is 9.55 Å². The number of fused-ring (bicyclic) bond motifs is 1. The minimum atomic E-state index is 0.304. The summed E-state index contributed by atoms with van der Waals surface area (Å²) in [6.07, 6.45) is 7.17. The molecule has 1 saturated carbocycles. The average Bonchev–Trinajstić information content (AvgIpc) is 3.28. The van der Waals surface area contributed by atoms with Crippen LogP contribution in [-0.4, -0.2) is 20.6 Å². The second-order valence-electron chi connectivity index (χ2n) is 6.17. The highest BCUT2D eigenvalue weighted by molar-refractivity contribution is 8.00. The van der Waals surface area contributed by atoms with E-state index in [1.165, 1.54) is 37.0 Å². The van der Waals surface area contributed by atoms with Crippen molar-refractivity contribution in [2.75, 3.05) is 12.0 Å². The van der Waals surface area contributed by atoms with E-state index in [4.69, 9.17) is 10.7 Å². The van der Waals surface area contributed by atoms with Crippen LogP contribution in [0.2, 0.25) is 0 Å². The number of thioether (sulfide) groups is 1. The zero-order valence-electron chi connectivity index (χ0n) is 13.2. The number of nitrogens with zero attached hydrogens (tertiary/aromatic N) is 2. The molecule has 0 spiro atoms. The number of benzene rings is 1. The van der Waals surface area contributed by atoms with E-state index in [2.05, 4.69) is 30.7 Å². The quantitative estimate of drug-likeness (QED) is 0.803. The predicted molar refractivity (Wildman–Crippen MR) is 92.9 cm³/mol. The van der Waals surface area contributed by atoms with Crippen molar-refractivity contribution in [1.29, 1.82) is 0 Å². The Bertz CT molecular complexity index is 631. The van der Waals surface area contributed by atoms with E-state index in [9.17, 15) is 0 Å². The van der Waals surface area contributed by atoms with Gasteiger partial charge in [-0.15, -0.1) is 0 Å². The molecule has 1 fully saturated rings. The van der Waals surface area contributed by atoms with Crippen LogP contribution >= 0.6 is 11.8 Å². The van der Waals surface area contributed by atoms with Crippen molar-refractivity contribution in [2.45, 2.75) is 56.7 Å². The second-order valence-corrected chi connectivity index (χ2v) is 7.45. The fourth-order valence-corrected chi connectivity index (χ4v) is 3.94. The molecule has 2 aromatic rings. The zero-order valence-corrected chi connectivity index (χ0v) is 14.0. The van der Waals surface area contributed by atoms with Gasteiger partial charge in [-0.05, 0) is 50.1 Å². The van der Waals surface area contributed by atoms with E-state index in [1.54, 1.807) is 0 Å². The van der Waals surface area contributed by atoms with Crippen LogP contribution in [0.1, 0.15) is 51.3 Å². The Labute approximate surface area is 131 Å². The molecule has 2 N–H and O–H groups in total. The van der Waals surface area contributed by atoms with Crippen molar-refractivity contribution >= 4 is 28.5 Å². The molecule has 0 saturated heterocycles. The third-order valence-electron chi connectivity index (χ3n) is 4.91. The Hall–Kier alpha value is -1.16. The molecule has 3 rings (SSSR count). The lowest BCUT2D eigenvalue weighted by atomic mass is 10.0. The van der Waals surface area contributed by atoms with Gasteiger partial charge in [-0.25, -0.2) is 4.98 Å². The van der Waals surface area contributed by atoms with E-state index < -0.39 is 0 Å². The summed E-state index contributed by atoms with van der Waals surface area (Å²) in [7, 11) is 0. The largest absolute Gasteiger partial charge is 0.399 e. The van der Waals surface area contributed by atoms with Gasteiger partial charge in [0, 0.05) is 22.9 Å². The summed E-state index contributed by atoms with van der Waals surface area (Å²) in [6, 6.07) is 6.15. The van der Waals surface area contributed by atoms with Crippen molar-refractivity contribution in [3.05, 3.63) is 24.0 Å². The Morgan fingerprint density at radius 2 is 2.05 bits per heavy atom. The third kappa shape index (κ3) is 2.66. The lowest BCUT2D eigenvalue weighted by Gasteiger charge is -2.31. The maximum absolute atomic E-state index is 5.93. The summed E-state index contributed by atoms with van der Waals surface area (Å²) in [4.78, 5) is 4.90. The van der Waals surface area contributed by atoms with Crippen LogP contribution in [-0.2, 0) is 6.54 Å². The SMILES string of the molecule is CCC(CC)(Cn1c(C2CC2)nc2cc(N)ccc21)SC. The smallest absolute Gasteiger partial charge is 0.113 e. The van der Waals surface area contributed by atoms with Gasteiger partial charge in [0.2, 0.25) is 0 Å². The minimum Gasteiger partial charge on any atom is -0.399 e. The fraction of sp³-hybridized carbons (Fsp3) is 0.588. The zero-order chi connectivity index (χ0) is 15.0. The fourth-order valence-electron chi connectivity index (χ4n) is 3.10. The molecular formula is C17H25N3S. The van der Waals surface area contributed by atoms with Crippen LogP contribution < -0.4 is 5.73 Å². The van der Waals surface area contributed by atoms with Gasteiger partial charge in [0.1, 0.15) is 5.82 Å². The number of aromatic nitrogens is 2. The lowest BCUT2D eigenvalue weighted by molar-refractivity contribution is 0.463. The van der Waals surface area contributed by atoms with Crippen molar-refractivity contribution in [3.63, 3.8) is 0 Å². The van der Waals surface area contributed by atoms with Crippen LogP contribution in [0.3, 0.4) is 0 Å². The first-order valence-corrected chi connectivity index (χ1v) is 9.15. The summed E-state index contributed by atoms with van der Waals surface area (Å²) >= 11 is 1.99. The topological polar surface area (TPSA) is 43.8 Å². The molecular weight excluding hydrogens is 278 g/mol. The molecule has 0 amide bonds. The average molecular weight is 303 g/mol. The molecule has 1 heterocycles. The first kappa shape index (κ1) is 14.8. The van der Waals surface area contributed by atoms with Gasteiger partial charge >= 0.3 is 0 Å². The molecule has 1 aliphatic rings. The number of nitrogens with two attached hydrogens (primary N) is 1. The Kier molecular flexibility index (Phi) is 3.91. The van der Waals surface area contributed by atoms with E-state index in [1.807, 2.05) is 23.9 Å². The van der Waals surface area contributed by atoms with E-state index in [0.29, 0.717) is 10.7 Å². The first-order chi connectivity index (χ1) is 10.1. The molecule has 114 valence electrons. The Morgan fingerprint density at radius 1 is 1.33 bits per heavy atom. The number of hydrogen-bond acceptors (Lipinski definition) is 3. The molecule has 0 atom stereocenters. The summed E-state index contributed by atoms with van der Waals surface area (Å²) in [5.74, 6) is 1.93. The van der Waals surface area contributed by atoms with E-state index in [0.717, 1.165) is 17.7 Å². The summed E-state index contributed by atoms with van der Waals surface area (Å²) in [5, 5.41) is 0.